The van der Waals surface area contributed by atoms with Crippen LogP contribution >= 0.6 is 0 Å². The van der Waals surface area contributed by atoms with Gasteiger partial charge >= 0.3 is 5.63 Å². The summed E-state index contributed by atoms with van der Waals surface area (Å²) in [6.45, 7) is 6.93. The van der Waals surface area contributed by atoms with Gasteiger partial charge in [-0.2, -0.15) is 0 Å². The van der Waals surface area contributed by atoms with Crippen LogP contribution in [0, 0.1) is 12.8 Å². The van der Waals surface area contributed by atoms with Crippen LogP contribution in [0.25, 0.3) is 0 Å². The largest absolute Gasteiger partial charge is 0.507 e. The molecule has 1 N–H and O–H groups in total. The maximum Gasteiger partial charge on any atom is 0.342 e. The highest BCUT2D eigenvalue weighted by Gasteiger charge is 2.23. The van der Waals surface area contributed by atoms with E-state index in [2.05, 4.69) is 0 Å². The van der Waals surface area contributed by atoms with E-state index in [4.69, 9.17) is 4.42 Å². The summed E-state index contributed by atoms with van der Waals surface area (Å²) in [5, 5.41) is 9.54. The second kappa shape index (κ2) is 5.17. The Morgan fingerprint density at radius 3 is 2.53 bits per heavy atom. The molecule has 4 heteroatoms. The Bertz CT molecular complexity index is 473. The molecule has 0 aliphatic rings. The summed E-state index contributed by atoms with van der Waals surface area (Å²) >= 11 is 0. The van der Waals surface area contributed by atoms with Gasteiger partial charge in [0.1, 0.15) is 17.3 Å². The van der Waals surface area contributed by atoms with Crippen LogP contribution in [-0.4, -0.2) is 10.9 Å². The lowest BCUT2D eigenvalue weighted by atomic mass is 9.91. The number of hydrogen-bond acceptors (Lipinski definition) is 4. The van der Waals surface area contributed by atoms with Crippen molar-refractivity contribution < 1.29 is 14.3 Å². The molecule has 0 aromatic carbocycles. The van der Waals surface area contributed by atoms with Gasteiger partial charge in [-0.25, -0.2) is 4.79 Å². The van der Waals surface area contributed by atoms with E-state index in [1.807, 2.05) is 13.8 Å². The summed E-state index contributed by atoms with van der Waals surface area (Å²) in [4.78, 5) is 23.3. The number of aromatic hydroxyl groups is 1. The molecule has 2 unspecified atom stereocenters. The minimum absolute atomic E-state index is 0.0129. The first-order chi connectivity index (χ1) is 7.88. The molecule has 0 aliphatic heterocycles. The van der Waals surface area contributed by atoms with Crippen molar-refractivity contribution in [1.29, 1.82) is 0 Å². The van der Waals surface area contributed by atoms with Gasteiger partial charge in [-0.05, 0) is 20.3 Å². The van der Waals surface area contributed by atoms with Gasteiger partial charge in [0.2, 0.25) is 0 Å². The zero-order valence-corrected chi connectivity index (χ0v) is 10.6. The average Bonchev–Trinajstić information content (AvgIpc) is 2.32. The van der Waals surface area contributed by atoms with Gasteiger partial charge in [0.15, 0.2) is 0 Å². The molecule has 1 aromatic heterocycles. The lowest BCUT2D eigenvalue weighted by molar-refractivity contribution is -0.123. The van der Waals surface area contributed by atoms with Gasteiger partial charge in [0.25, 0.3) is 0 Å². The van der Waals surface area contributed by atoms with Crippen LogP contribution in [-0.2, 0) is 4.79 Å². The van der Waals surface area contributed by atoms with Crippen LogP contribution in [0.15, 0.2) is 15.3 Å². The highest BCUT2D eigenvalue weighted by Crippen LogP contribution is 2.24. The molecule has 94 valence electrons. The monoisotopic (exact) mass is 238 g/mol. The lowest BCUT2D eigenvalue weighted by Crippen LogP contribution is -2.19. The van der Waals surface area contributed by atoms with E-state index >= 15 is 0 Å². The van der Waals surface area contributed by atoms with Crippen LogP contribution in [0.3, 0.4) is 0 Å². The van der Waals surface area contributed by atoms with Gasteiger partial charge in [-0.3, -0.25) is 4.79 Å². The molecule has 17 heavy (non-hydrogen) atoms. The smallest absolute Gasteiger partial charge is 0.342 e. The van der Waals surface area contributed by atoms with Gasteiger partial charge in [0.05, 0.1) is 11.5 Å². The summed E-state index contributed by atoms with van der Waals surface area (Å²) in [6.07, 6.45) is 0.741. The molecule has 0 bridgehead atoms. The highest BCUT2D eigenvalue weighted by molar-refractivity contribution is 5.86. The van der Waals surface area contributed by atoms with Crippen LogP contribution in [0.2, 0.25) is 0 Å². The normalized spacial score (nSPS) is 14.4. The van der Waals surface area contributed by atoms with Crippen molar-refractivity contribution in [3.63, 3.8) is 0 Å². The lowest BCUT2D eigenvalue weighted by Gasteiger charge is -2.14. The Labute approximate surface area is 100 Å². The standard InChI is InChI=1S/C13H18O4/c1-5-7(2)12(15)9(4)11-6-10(14)8(3)13(16)17-11/h6-7,9,14H,5H2,1-4H3. The fraction of sp³-hybridized carbons (Fsp3) is 0.538. The van der Waals surface area contributed by atoms with Gasteiger partial charge in [-0.1, -0.05) is 13.8 Å². The molecule has 1 heterocycles. The molecule has 0 fully saturated rings. The molecule has 4 nitrogen and oxygen atoms in total. The van der Waals surface area contributed by atoms with Crippen LogP contribution in [0.5, 0.6) is 5.75 Å². The quantitative estimate of drug-likeness (QED) is 0.874. The Hall–Kier alpha value is -1.58. The average molecular weight is 238 g/mol. The first kappa shape index (κ1) is 13.5. The molecule has 0 radical (unpaired) electrons. The Morgan fingerprint density at radius 2 is 2.06 bits per heavy atom. The predicted molar refractivity (Wildman–Crippen MR) is 64.3 cm³/mol. The number of rotatable bonds is 4. The predicted octanol–water partition coefficient (Wildman–Crippen LogP) is 2.37. The summed E-state index contributed by atoms with van der Waals surface area (Å²) < 4.78 is 5.03. The van der Waals surface area contributed by atoms with Crippen molar-refractivity contribution in [2.24, 2.45) is 5.92 Å². The number of ketones is 1. The highest BCUT2D eigenvalue weighted by atomic mass is 16.4. The molecule has 0 aliphatic carbocycles. The van der Waals surface area contributed by atoms with Gasteiger partial charge in [-0.15, -0.1) is 0 Å². The van der Waals surface area contributed by atoms with E-state index < -0.39 is 11.5 Å². The third-order valence-electron chi connectivity index (χ3n) is 3.13. The molecule has 1 aromatic rings. The van der Waals surface area contributed by atoms with Crippen molar-refractivity contribution >= 4 is 5.78 Å². The second-order valence-electron chi connectivity index (χ2n) is 4.38. The number of carbonyl (C=O) groups is 1. The molecule has 1 rings (SSSR count). The minimum Gasteiger partial charge on any atom is -0.507 e. The first-order valence-corrected chi connectivity index (χ1v) is 5.75. The summed E-state index contributed by atoms with van der Waals surface area (Å²) in [6, 6.07) is 1.35. The van der Waals surface area contributed by atoms with Gasteiger partial charge < -0.3 is 9.52 Å². The van der Waals surface area contributed by atoms with E-state index in [1.54, 1.807) is 6.92 Å². The van der Waals surface area contributed by atoms with Crippen LogP contribution in [0.1, 0.15) is 44.4 Å². The third kappa shape index (κ3) is 2.75. The molecule has 0 saturated heterocycles. The van der Waals surface area contributed by atoms with E-state index in [0.717, 1.165) is 6.42 Å². The van der Waals surface area contributed by atoms with E-state index in [9.17, 15) is 14.7 Å². The second-order valence-corrected chi connectivity index (χ2v) is 4.38. The minimum atomic E-state index is -0.594. The summed E-state index contributed by atoms with van der Waals surface area (Å²) in [5.74, 6) is -0.481. The summed E-state index contributed by atoms with van der Waals surface area (Å²) in [5.41, 5.74) is -0.430. The van der Waals surface area contributed by atoms with Crippen LogP contribution in [0.4, 0.5) is 0 Å². The molecule has 0 amide bonds. The van der Waals surface area contributed by atoms with Crippen molar-refractivity contribution in [2.75, 3.05) is 0 Å². The van der Waals surface area contributed by atoms with Crippen molar-refractivity contribution in [3.05, 3.63) is 27.8 Å². The Balaban J connectivity index is 3.09. The van der Waals surface area contributed by atoms with Crippen molar-refractivity contribution in [3.8, 4) is 5.75 Å². The third-order valence-corrected chi connectivity index (χ3v) is 3.13. The van der Waals surface area contributed by atoms with Gasteiger partial charge in [0, 0.05) is 12.0 Å². The molecular weight excluding hydrogens is 220 g/mol. The Kier molecular flexibility index (Phi) is 4.10. The zero-order valence-electron chi connectivity index (χ0n) is 10.6. The fourth-order valence-corrected chi connectivity index (χ4v) is 1.54. The van der Waals surface area contributed by atoms with Crippen molar-refractivity contribution in [2.45, 2.75) is 40.0 Å². The maximum atomic E-state index is 11.9. The Morgan fingerprint density at radius 1 is 1.47 bits per heavy atom. The van der Waals surface area contributed by atoms with Crippen LogP contribution < -0.4 is 5.63 Å². The van der Waals surface area contributed by atoms with Crippen molar-refractivity contribution in [1.82, 2.24) is 0 Å². The SMILES string of the molecule is CCC(C)C(=O)C(C)c1cc(O)c(C)c(=O)o1. The molecule has 0 spiro atoms. The zero-order chi connectivity index (χ0) is 13.2. The molecular formula is C13H18O4. The van der Waals surface area contributed by atoms with E-state index in [1.165, 1.54) is 13.0 Å². The fourth-order valence-electron chi connectivity index (χ4n) is 1.54. The molecule has 2 atom stereocenters. The number of carbonyl (C=O) groups excluding carboxylic acids is 1. The number of hydrogen-bond donors (Lipinski definition) is 1. The topological polar surface area (TPSA) is 67.5 Å². The van der Waals surface area contributed by atoms with E-state index in [0.29, 0.717) is 0 Å². The van der Waals surface area contributed by atoms with E-state index in [-0.39, 0.29) is 28.8 Å². The maximum absolute atomic E-state index is 11.9. The first-order valence-electron chi connectivity index (χ1n) is 5.75. The molecule has 0 saturated carbocycles. The summed E-state index contributed by atoms with van der Waals surface area (Å²) in [7, 11) is 0. The number of Topliss-reactive ketones (excluding diaryl/α,β-unsaturated/α-hetero) is 1.